The zero-order chi connectivity index (χ0) is 14.1. The number of ether oxygens (including phenoxy) is 1. The number of carbonyl (C=O) groups is 1. The van der Waals surface area contributed by atoms with Crippen LogP contribution in [-0.4, -0.2) is 16.1 Å². The maximum atomic E-state index is 10.9. The van der Waals surface area contributed by atoms with Gasteiger partial charge in [0.05, 0.1) is 5.52 Å². The maximum absolute atomic E-state index is 10.9. The van der Waals surface area contributed by atoms with Crippen LogP contribution in [0, 0.1) is 0 Å². The van der Waals surface area contributed by atoms with Gasteiger partial charge in [0.2, 0.25) is 0 Å². The lowest BCUT2D eigenvalue weighted by Crippen LogP contribution is -2.16. The van der Waals surface area contributed by atoms with Crippen molar-refractivity contribution < 1.29 is 9.53 Å². The summed E-state index contributed by atoms with van der Waals surface area (Å²) in [6, 6.07) is 12.6. The number of amides is 1. The molecule has 0 unspecified atom stereocenters. The smallest absolute Gasteiger partial charge is 0.408 e. The van der Waals surface area contributed by atoms with Gasteiger partial charge in [-0.1, -0.05) is 18.2 Å². The molecule has 0 saturated heterocycles. The number of nitrogens with one attached hydrogen (secondary N) is 1. The molecule has 3 aromatic rings. The summed E-state index contributed by atoms with van der Waals surface area (Å²) in [6.07, 6.45) is -0.869. The van der Waals surface area contributed by atoms with E-state index in [0.29, 0.717) is 22.8 Å². The van der Waals surface area contributed by atoms with Crippen LogP contribution >= 0.6 is 0 Å². The molecule has 20 heavy (non-hydrogen) atoms. The lowest BCUT2D eigenvalue weighted by molar-refractivity contribution is 0.211. The fourth-order valence-electron chi connectivity index (χ4n) is 2.02. The van der Waals surface area contributed by atoms with E-state index in [4.69, 9.17) is 16.2 Å². The van der Waals surface area contributed by atoms with E-state index in [1.54, 1.807) is 18.2 Å². The predicted octanol–water partition coefficient (Wildman–Crippen LogP) is 2.27. The number of anilines is 1. The molecule has 1 heterocycles. The van der Waals surface area contributed by atoms with Crippen LogP contribution in [0.5, 0.6) is 5.75 Å². The van der Waals surface area contributed by atoms with Crippen molar-refractivity contribution in [2.45, 2.75) is 0 Å². The van der Waals surface area contributed by atoms with E-state index < -0.39 is 6.09 Å². The normalized spacial score (nSPS) is 10.6. The second-order valence-corrected chi connectivity index (χ2v) is 4.28. The first-order valence-corrected chi connectivity index (χ1v) is 5.95. The van der Waals surface area contributed by atoms with Crippen LogP contribution in [0.3, 0.4) is 0 Å². The molecule has 0 radical (unpaired) electrons. The zero-order valence-corrected chi connectivity index (χ0v) is 10.5. The van der Waals surface area contributed by atoms with Crippen molar-refractivity contribution in [1.29, 1.82) is 0 Å². The molecule has 100 valence electrons. The summed E-state index contributed by atoms with van der Waals surface area (Å²) in [5.41, 5.74) is 13.6. The highest BCUT2D eigenvalue weighted by Gasteiger charge is 2.11. The average molecular weight is 268 g/mol. The molecule has 0 spiro atoms. The quantitative estimate of drug-likeness (QED) is 0.619. The zero-order valence-electron chi connectivity index (χ0n) is 10.5. The molecule has 6 nitrogen and oxygen atoms in total. The number of nitrogens with two attached hydrogens (primary N) is 2. The van der Waals surface area contributed by atoms with Crippen molar-refractivity contribution in [3.05, 3.63) is 42.5 Å². The van der Waals surface area contributed by atoms with Gasteiger partial charge in [-0.3, -0.25) is 0 Å². The molecule has 0 bridgehead atoms. The Morgan fingerprint density at radius 2 is 2.00 bits per heavy atom. The standard InChI is InChI=1S/C14H12N4O2/c15-9-4-1-3-8(7-9)13-17-10-5-2-6-11(12(10)18-13)20-14(16)19/h1-7H,15H2,(H2,16,19)(H,17,18). The van der Waals surface area contributed by atoms with E-state index in [1.807, 2.05) is 24.3 Å². The number of aromatic amines is 1. The van der Waals surface area contributed by atoms with Gasteiger partial charge in [0, 0.05) is 11.3 Å². The Bertz CT molecular complexity index is 795. The fraction of sp³-hybridized carbons (Fsp3) is 0. The topological polar surface area (TPSA) is 107 Å². The van der Waals surface area contributed by atoms with E-state index in [9.17, 15) is 4.79 Å². The highest BCUT2D eigenvalue weighted by atomic mass is 16.5. The molecule has 0 fully saturated rings. The monoisotopic (exact) mass is 268 g/mol. The van der Waals surface area contributed by atoms with Crippen molar-refractivity contribution in [2.24, 2.45) is 5.73 Å². The summed E-state index contributed by atoms with van der Waals surface area (Å²) in [5, 5.41) is 0. The Morgan fingerprint density at radius 3 is 2.75 bits per heavy atom. The van der Waals surface area contributed by atoms with Crippen molar-refractivity contribution in [2.75, 3.05) is 5.73 Å². The largest absolute Gasteiger partial charge is 0.410 e. The van der Waals surface area contributed by atoms with Crippen LogP contribution in [-0.2, 0) is 0 Å². The highest BCUT2D eigenvalue weighted by Crippen LogP contribution is 2.27. The number of nitrogen functional groups attached to an aromatic ring is 1. The Kier molecular flexibility index (Phi) is 2.76. The van der Waals surface area contributed by atoms with Crippen LogP contribution < -0.4 is 16.2 Å². The van der Waals surface area contributed by atoms with Gasteiger partial charge >= 0.3 is 6.09 Å². The third kappa shape index (κ3) is 2.14. The number of para-hydroxylation sites is 1. The van der Waals surface area contributed by atoms with Crippen LogP contribution in [0.15, 0.2) is 42.5 Å². The molecule has 0 aliphatic rings. The van der Waals surface area contributed by atoms with Crippen molar-refractivity contribution in [3.8, 4) is 17.1 Å². The van der Waals surface area contributed by atoms with Crippen LogP contribution in [0.2, 0.25) is 0 Å². The maximum Gasteiger partial charge on any atom is 0.410 e. The van der Waals surface area contributed by atoms with E-state index in [1.165, 1.54) is 0 Å². The number of imidazole rings is 1. The van der Waals surface area contributed by atoms with E-state index in [-0.39, 0.29) is 0 Å². The fourth-order valence-corrected chi connectivity index (χ4v) is 2.02. The van der Waals surface area contributed by atoms with E-state index in [2.05, 4.69) is 9.97 Å². The molecule has 3 rings (SSSR count). The van der Waals surface area contributed by atoms with Gasteiger partial charge in [-0.2, -0.15) is 0 Å². The van der Waals surface area contributed by atoms with Crippen molar-refractivity contribution >= 4 is 22.8 Å². The Balaban J connectivity index is 2.13. The number of aromatic nitrogens is 2. The number of carbonyl (C=O) groups excluding carboxylic acids is 1. The summed E-state index contributed by atoms with van der Waals surface area (Å²) < 4.78 is 4.93. The summed E-state index contributed by atoms with van der Waals surface area (Å²) in [6.45, 7) is 0. The molecule has 0 aliphatic carbocycles. The van der Waals surface area contributed by atoms with Crippen molar-refractivity contribution in [1.82, 2.24) is 9.97 Å². The Morgan fingerprint density at radius 1 is 1.20 bits per heavy atom. The first kappa shape index (κ1) is 12.0. The minimum Gasteiger partial charge on any atom is -0.408 e. The van der Waals surface area contributed by atoms with Crippen LogP contribution in [0.4, 0.5) is 10.5 Å². The number of fused-ring (bicyclic) bond motifs is 1. The number of primary amides is 1. The molecule has 1 amide bonds. The van der Waals surface area contributed by atoms with Gasteiger partial charge in [0.1, 0.15) is 11.3 Å². The molecular weight excluding hydrogens is 256 g/mol. The molecule has 0 saturated carbocycles. The summed E-state index contributed by atoms with van der Waals surface area (Å²) in [4.78, 5) is 18.5. The van der Waals surface area contributed by atoms with Gasteiger partial charge in [-0.15, -0.1) is 0 Å². The molecule has 5 N–H and O–H groups in total. The number of rotatable bonds is 2. The summed E-state index contributed by atoms with van der Waals surface area (Å²) >= 11 is 0. The van der Waals surface area contributed by atoms with Gasteiger partial charge in [0.15, 0.2) is 5.75 Å². The second-order valence-electron chi connectivity index (χ2n) is 4.28. The third-order valence-electron chi connectivity index (χ3n) is 2.85. The first-order chi connectivity index (χ1) is 9.63. The van der Waals surface area contributed by atoms with Crippen LogP contribution in [0.1, 0.15) is 0 Å². The van der Waals surface area contributed by atoms with E-state index >= 15 is 0 Å². The van der Waals surface area contributed by atoms with Gasteiger partial charge < -0.3 is 21.2 Å². The molecule has 1 aromatic heterocycles. The summed E-state index contributed by atoms with van der Waals surface area (Å²) in [7, 11) is 0. The molecule has 6 heteroatoms. The number of hydrogen-bond donors (Lipinski definition) is 3. The molecule has 2 aromatic carbocycles. The summed E-state index contributed by atoms with van der Waals surface area (Å²) in [5.74, 6) is 0.967. The lowest BCUT2D eigenvalue weighted by atomic mass is 10.2. The van der Waals surface area contributed by atoms with Gasteiger partial charge in [0.25, 0.3) is 0 Å². The number of hydrogen-bond acceptors (Lipinski definition) is 4. The molecule has 0 atom stereocenters. The SMILES string of the molecule is NC(=O)Oc1cccc2[nH]c(-c3cccc(N)c3)nc12. The molecule has 0 aliphatic heterocycles. The van der Waals surface area contributed by atoms with Gasteiger partial charge in [-0.05, 0) is 24.3 Å². The minimum atomic E-state index is -0.869. The van der Waals surface area contributed by atoms with Gasteiger partial charge in [-0.25, -0.2) is 9.78 Å². The number of H-pyrrole nitrogens is 1. The Hall–Kier alpha value is -3.02. The minimum absolute atomic E-state index is 0.321. The predicted molar refractivity (Wildman–Crippen MR) is 76.2 cm³/mol. The van der Waals surface area contributed by atoms with E-state index in [0.717, 1.165) is 11.1 Å². The lowest BCUT2D eigenvalue weighted by Gasteiger charge is -2.00. The van der Waals surface area contributed by atoms with Crippen molar-refractivity contribution in [3.63, 3.8) is 0 Å². The Labute approximate surface area is 114 Å². The average Bonchev–Trinajstić information content (AvgIpc) is 2.83. The van der Waals surface area contributed by atoms with Crippen LogP contribution in [0.25, 0.3) is 22.4 Å². The first-order valence-electron chi connectivity index (χ1n) is 5.95. The highest BCUT2D eigenvalue weighted by molar-refractivity contribution is 5.87. The number of nitrogens with zero attached hydrogens (tertiary/aromatic N) is 1. The third-order valence-corrected chi connectivity index (χ3v) is 2.85. The number of benzene rings is 2. The molecular formula is C14H12N4O2. The second kappa shape index (κ2) is 4.58.